The zero-order chi connectivity index (χ0) is 8.48. The molecule has 11 heavy (non-hydrogen) atoms. The van der Waals surface area contributed by atoms with Gasteiger partial charge in [0.05, 0.1) is 5.75 Å². The van der Waals surface area contributed by atoms with Crippen LogP contribution in [0.4, 0.5) is 5.82 Å². The molecule has 0 saturated carbocycles. The topological polar surface area (TPSA) is 78.0 Å². The van der Waals surface area contributed by atoms with Gasteiger partial charge in [-0.15, -0.1) is 5.10 Å². The van der Waals surface area contributed by atoms with Gasteiger partial charge in [0.15, 0.2) is 0 Å². The molecule has 0 radical (unpaired) electrons. The van der Waals surface area contributed by atoms with Crippen LogP contribution in [-0.4, -0.2) is 23.4 Å². The van der Waals surface area contributed by atoms with E-state index in [0.29, 0.717) is 0 Å². The summed E-state index contributed by atoms with van der Waals surface area (Å²) in [5, 5.41) is 3.56. The van der Waals surface area contributed by atoms with Crippen LogP contribution in [0.1, 0.15) is 6.92 Å². The van der Waals surface area contributed by atoms with Crippen molar-refractivity contribution >= 4 is 15.8 Å². The van der Waals surface area contributed by atoms with Crippen LogP contribution in [0.5, 0.6) is 0 Å². The van der Waals surface area contributed by atoms with Gasteiger partial charge in [-0.2, -0.15) is 4.09 Å². The first-order chi connectivity index (χ1) is 5.06. The molecular weight excluding hydrogens is 166 g/mol. The molecule has 1 heterocycles. The van der Waals surface area contributed by atoms with Gasteiger partial charge in [0.25, 0.3) is 10.0 Å². The summed E-state index contributed by atoms with van der Waals surface area (Å²) >= 11 is 0. The number of hydrogen-bond donors (Lipinski definition) is 1. The summed E-state index contributed by atoms with van der Waals surface area (Å²) < 4.78 is 23.0. The maximum absolute atomic E-state index is 11.1. The van der Waals surface area contributed by atoms with Crippen molar-refractivity contribution in [2.24, 2.45) is 0 Å². The Hall–Kier alpha value is -1.04. The predicted molar refractivity (Wildman–Crippen MR) is 41.5 cm³/mol. The van der Waals surface area contributed by atoms with Crippen LogP contribution in [0.3, 0.4) is 0 Å². The molecule has 1 rings (SSSR count). The van der Waals surface area contributed by atoms with Crippen LogP contribution in [0.2, 0.25) is 0 Å². The molecule has 0 saturated heterocycles. The SMILES string of the molecule is CCS(=O)(=O)n1ccc(N)n1. The van der Waals surface area contributed by atoms with Crippen molar-refractivity contribution in [3.05, 3.63) is 12.3 Å². The lowest BCUT2D eigenvalue weighted by Crippen LogP contribution is -2.15. The molecule has 5 nitrogen and oxygen atoms in total. The molecule has 1 aromatic rings. The van der Waals surface area contributed by atoms with Crippen molar-refractivity contribution in [3.8, 4) is 0 Å². The molecule has 0 atom stereocenters. The van der Waals surface area contributed by atoms with Crippen LogP contribution in [-0.2, 0) is 10.0 Å². The summed E-state index contributed by atoms with van der Waals surface area (Å²) in [5.74, 6) is 0.232. The molecule has 1 aromatic heterocycles. The fraction of sp³-hybridized carbons (Fsp3) is 0.400. The number of anilines is 1. The van der Waals surface area contributed by atoms with E-state index in [1.165, 1.54) is 12.3 Å². The molecule has 2 N–H and O–H groups in total. The number of hydrogen-bond acceptors (Lipinski definition) is 4. The minimum absolute atomic E-state index is 0.0219. The van der Waals surface area contributed by atoms with Crippen LogP contribution in [0.25, 0.3) is 0 Å². The van der Waals surface area contributed by atoms with Crippen LogP contribution in [0.15, 0.2) is 12.3 Å². The molecule has 0 amide bonds. The summed E-state index contributed by atoms with van der Waals surface area (Å²) in [4.78, 5) is 0. The van der Waals surface area contributed by atoms with E-state index in [9.17, 15) is 8.42 Å². The minimum atomic E-state index is -3.25. The Kier molecular flexibility index (Phi) is 1.86. The number of nitrogen functional groups attached to an aromatic ring is 1. The average molecular weight is 175 g/mol. The van der Waals surface area contributed by atoms with Crippen LogP contribution < -0.4 is 5.73 Å². The maximum atomic E-state index is 11.1. The highest BCUT2D eigenvalue weighted by atomic mass is 32.2. The Morgan fingerprint density at radius 1 is 1.73 bits per heavy atom. The lowest BCUT2D eigenvalue weighted by Gasteiger charge is -1.97. The first kappa shape index (κ1) is 8.06. The fourth-order valence-electron chi connectivity index (χ4n) is 0.608. The molecule has 0 bridgehead atoms. The molecule has 6 heteroatoms. The van der Waals surface area contributed by atoms with Gasteiger partial charge in [-0.05, 0) is 6.92 Å². The molecule has 0 fully saturated rings. The number of nitrogens with zero attached hydrogens (tertiary/aromatic N) is 2. The van der Waals surface area contributed by atoms with Crippen molar-refractivity contribution in [2.75, 3.05) is 11.5 Å². The zero-order valence-corrected chi connectivity index (χ0v) is 6.87. The second kappa shape index (κ2) is 2.54. The molecule has 0 aliphatic heterocycles. The van der Waals surface area contributed by atoms with E-state index in [1.54, 1.807) is 6.92 Å². The maximum Gasteiger partial charge on any atom is 0.253 e. The number of aromatic nitrogens is 2. The van der Waals surface area contributed by atoms with E-state index in [1.807, 2.05) is 0 Å². The normalized spacial score (nSPS) is 11.7. The summed E-state index contributed by atoms with van der Waals surface area (Å²) in [6.45, 7) is 1.55. The van der Waals surface area contributed by atoms with E-state index < -0.39 is 10.0 Å². The Balaban J connectivity index is 3.13. The highest BCUT2D eigenvalue weighted by Gasteiger charge is 2.09. The Labute approximate surface area is 64.9 Å². The van der Waals surface area contributed by atoms with E-state index in [0.717, 1.165) is 4.09 Å². The van der Waals surface area contributed by atoms with Crippen LogP contribution >= 0.6 is 0 Å². The fourth-order valence-corrected chi connectivity index (χ4v) is 1.34. The molecule has 0 aromatic carbocycles. The van der Waals surface area contributed by atoms with Crippen molar-refractivity contribution in [1.29, 1.82) is 0 Å². The Bertz CT molecular complexity index is 340. The van der Waals surface area contributed by atoms with E-state index in [4.69, 9.17) is 5.73 Å². The highest BCUT2D eigenvalue weighted by Crippen LogP contribution is 2.00. The molecule has 0 spiro atoms. The lowest BCUT2D eigenvalue weighted by atomic mass is 10.7. The van der Waals surface area contributed by atoms with Crippen molar-refractivity contribution < 1.29 is 8.42 Å². The highest BCUT2D eigenvalue weighted by molar-refractivity contribution is 7.89. The van der Waals surface area contributed by atoms with Gasteiger partial charge in [0.1, 0.15) is 5.82 Å². The Morgan fingerprint density at radius 2 is 2.36 bits per heavy atom. The quantitative estimate of drug-likeness (QED) is 0.667. The third kappa shape index (κ3) is 1.51. The van der Waals surface area contributed by atoms with Gasteiger partial charge in [0.2, 0.25) is 0 Å². The van der Waals surface area contributed by atoms with E-state index in [2.05, 4.69) is 5.10 Å². The molecule has 62 valence electrons. The Morgan fingerprint density at radius 3 is 2.73 bits per heavy atom. The lowest BCUT2D eigenvalue weighted by molar-refractivity contribution is 0.581. The average Bonchev–Trinajstić information content (AvgIpc) is 2.36. The standard InChI is InChI=1S/C5H9N3O2S/c1-2-11(9,10)8-4-3-5(6)7-8/h3-4H,2H2,1H3,(H2,6,7). The molecular formula is C5H9N3O2S. The monoisotopic (exact) mass is 175 g/mol. The first-order valence-electron chi connectivity index (χ1n) is 3.10. The van der Waals surface area contributed by atoms with Crippen LogP contribution in [0, 0.1) is 0 Å². The summed E-state index contributed by atoms with van der Waals surface area (Å²) in [6.07, 6.45) is 1.33. The largest absolute Gasteiger partial charge is 0.382 e. The second-order valence-corrected chi connectivity index (χ2v) is 4.13. The van der Waals surface area contributed by atoms with Gasteiger partial charge in [-0.1, -0.05) is 0 Å². The summed E-state index contributed by atoms with van der Waals surface area (Å²) in [6, 6.07) is 1.44. The first-order valence-corrected chi connectivity index (χ1v) is 4.71. The minimum Gasteiger partial charge on any atom is -0.382 e. The van der Waals surface area contributed by atoms with Gasteiger partial charge >= 0.3 is 0 Å². The van der Waals surface area contributed by atoms with Crippen molar-refractivity contribution in [2.45, 2.75) is 6.92 Å². The smallest absolute Gasteiger partial charge is 0.253 e. The zero-order valence-electron chi connectivity index (χ0n) is 6.06. The summed E-state index contributed by atoms with van der Waals surface area (Å²) in [7, 11) is -3.25. The van der Waals surface area contributed by atoms with Gasteiger partial charge in [-0.25, -0.2) is 8.42 Å². The second-order valence-electron chi connectivity index (χ2n) is 2.01. The molecule has 0 unspecified atom stereocenters. The predicted octanol–water partition coefficient (Wildman–Crippen LogP) is -0.337. The third-order valence-corrected chi connectivity index (χ3v) is 2.74. The van der Waals surface area contributed by atoms with E-state index >= 15 is 0 Å². The van der Waals surface area contributed by atoms with Crippen molar-refractivity contribution in [3.63, 3.8) is 0 Å². The van der Waals surface area contributed by atoms with Crippen molar-refractivity contribution in [1.82, 2.24) is 9.19 Å². The molecule has 0 aliphatic carbocycles. The summed E-state index contributed by atoms with van der Waals surface area (Å²) in [5.41, 5.74) is 5.23. The third-order valence-electron chi connectivity index (χ3n) is 1.24. The number of rotatable bonds is 2. The van der Waals surface area contributed by atoms with E-state index in [-0.39, 0.29) is 11.6 Å². The van der Waals surface area contributed by atoms with Gasteiger partial charge in [0, 0.05) is 12.3 Å². The number of nitrogens with two attached hydrogens (primary N) is 1. The van der Waals surface area contributed by atoms with Gasteiger partial charge < -0.3 is 5.73 Å². The molecule has 0 aliphatic rings. The van der Waals surface area contributed by atoms with Gasteiger partial charge in [-0.3, -0.25) is 0 Å².